The van der Waals surface area contributed by atoms with Gasteiger partial charge in [0.2, 0.25) is 0 Å². The topological polar surface area (TPSA) is 0 Å². The summed E-state index contributed by atoms with van der Waals surface area (Å²) >= 11 is 0. The fourth-order valence-electron chi connectivity index (χ4n) is 3.24. The van der Waals surface area contributed by atoms with E-state index in [0.717, 1.165) is 12.8 Å². The molecule has 108 valence electrons. The molecule has 2 aromatic carbocycles. The van der Waals surface area contributed by atoms with Crippen LogP contribution in [0.15, 0.2) is 48.5 Å². The minimum Gasteiger partial charge on any atom is -0.0776 e. The minimum absolute atomic E-state index is 0.282. The highest BCUT2D eigenvalue weighted by atomic mass is 14.3. The van der Waals surface area contributed by atoms with Gasteiger partial charge in [-0.25, -0.2) is 0 Å². The van der Waals surface area contributed by atoms with Gasteiger partial charge >= 0.3 is 0 Å². The Balaban J connectivity index is 1.77. The maximum absolute atomic E-state index is 2.42. The molecule has 1 atom stereocenters. The van der Waals surface area contributed by atoms with Crippen LogP contribution in [0.1, 0.15) is 41.2 Å². The molecule has 21 heavy (non-hydrogen) atoms. The Morgan fingerprint density at radius 2 is 1.71 bits per heavy atom. The lowest BCUT2D eigenvalue weighted by Crippen LogP contribution is -2.21. The highest BCUT2D eigenvalue weighted by Gasteiger charge is 2.25. The van der Waals surface area contributed by atoms with Crippen molar-refractivity contribution >= 4 is 6.08 Å². The molecule has 1 aliphatic rings. The third kappa shape index (κ3) is 3.10. The summed E-state index contributed by atoms with van der Waals surface area (Å²) in [6.45, 7) is 6.81. The average molecular weight is 276 g/mol. The normalized spacial score (nSPS) is 20.3. The van der Waals surface area contributed by atoms with Crippen LogP contribution in [-0.4, -0.2) is 0 Å². The van der Waals surface area contributed by atoms with Crippen molar-refractivity contribution in [1.29, 1.82) is 0 Å². The van der Waals surface area contributed by atoms with E-state index in [4.69, 9.17) is 0 Å². The Kier molecular flexibility index (Phi) is 3.71. The Morgan fingerprint density at radius 1 is 1.00 bits per heavy atom. The summed E-state index contributed by atoms with van der Waals surface area (Å²) in [4.78, 5) is 0. The zero-order valence-corrected chi connectivity index (χ0v) is 13.3. The summed E-state index contributed by atoms with van der Waals surface area (Å²) in [6, 6.07) is 15.5. The van der Waals surface area contributed by atoms with E-state index in [1.54, 1.807) is 0 Å². The Morgan fingerprint density at radius 3 is 2.48 bits per heavy atom. The molecule has 1 unspecified atom stereocenters. The second-order valence-electron chi connectivity index (χ2n) is 6.79. The van der Waals surface area contributed by atoms with E-state index in [0.29, 0.717) is 0 Å². The van der Waals surface area contributed by atoms with Gasteiger partial charge in [0.15, 0.2) is 0 Å². The summed E-state index contributed by atoms with van der Waals surface area (Å²) in [5.41, 5.74) is 7.45. The zero-order valence-electron chi connectivity index (χ0n) is 13.3. The van der Waals surface area contributed by atoms with E-state index in [9.17, 15) is 0 Å². The third-order valence-electron chi connectivity index (χ3n) is 4.84. The van der Waals surface area contributed by atoms with Gasteiger partial charge in [-0.3, -0.25) is 0 Å². The monoisotopic (exact) mass is 276 g/mol. The molecular weight excluding hydrogens is 252 g/mol. The van der Waals surface area contributed by atoms with Crippen molar-refractivity contribution in [3.8, 4) is 0 Å². The Bertz CT molecular complexity index is 664. The van der Waals surface area contributed by atoms with Gasteiger partial charge in [-0.1, -0.05) is 61.5 Å². The number of allylic oxidation sites excluding steroid dienone is 1. The standard InChI is InChI=1S/C21H24/c1-16-13-19-10-12-21(3,15-20(19)14-17(16)2)11-9-18-7-5-4-6-8-18/h4-8,10,12-14H,9,11,15H2,1-3H3. The van der Waals surface area contributed by atoms with Crippen LogP contribution < -0.4 is 0 Å². The number of hydrogen-bond acceptors (Lipinski definition) is 0. The highest BCUT2D eigenvalue weighted by Crippen LogP contribution is 2.37. The van der Waals surface area contributed by atoms with Crippen LogP contribution >= 0.6 is 0 Å². The number of aryl methyl sites for hydroxylation is 3. The van der Waals surface area contributed by atoms with E-state index in [-0.39, 0.29) is 5.41 Å². The second kappa shape index (κ2) is 5.52. The van der Waals surface area contributed by atoms with Crippen molar-refractivity contribution in [3.63, 3.8) is 0 Å². The number of hydrogen-bond donors (Lipinski definition) is 0. The molecule has 0 saturated carbocycles. The van der Waals surface area contributed by atoms with Crippen molar-refractivity contribution in [2.24, 2.45) is 5.41 Å². The summed E-state index contributed by atoms with van der Waals surface area (Å²) < 4.78 is 0. The molecule has 0 nitrogen and oxygen atoms in total. The van der Waals surface area contributed by atoms with Gasteiger partial charge in [-0.15, -0.1) is 0 Å². The average Bonchev–Trinajstić information content (AvgIpc) is 2.48. The summed E-state index contributed by atoms with van der Waals surface area (Å²) in [5.74, 6) is 0. The van der Waals surface area contributed by atoms with Gasteiger partial charge in [-0.2, -0.15) is 0 Å². The van der Waals surface area contributed by atoms with Crippen LogP contribution in [0, 0.1) is 19.3 Å². The second-order valence-corrected chi connectivity index (χ2v) is 6.79. The van der Waals surface area contributed by atoms with E-state index in [1.807, 2.05) is 0 Å². The lowest BCUT2D eigenvalue weighted by atomic mass is 9.74. The highest BCUT2D eigenvalue weighted by molar-refractivity contribution is 5.60. The summed E-state index contributed by atoms with van der Waals surface area (Å²) in [6.07, 6.45) is 8.28. The molecule has 1 aliphatic carbocycles. The molecule has 0 amide bonds. The number of fused-ring (bicyclic) bond motifs is 1. The van der Waals surface area contributed by atoms with Crippen molar-refractivity contribution in [2.45, 2.75) is 40.0 Å². The largest absolute Gasteiger partial charge is 0.0776 e. The smallest absolute Gasteiger partial charge is 0.00995 e. The molecule has 0 heterocycles. The lowest BCUT2D eigenvalue weighted by Gasteiger charge is -2.31. The number of benzene rings is 2. The van der Waals surface area contributed by atoms with E-state index in [1.165, 1.54) is 34.2 Å². The molecule has 0 spiro atoms. The lowest BCUT2D eigenvalue weighted by molar-refractivity contribution is 0.387. The maximum atomic E-state index is 2.42. The van der Waals surface area contributed by atoms with Gasteiger partial charge in [0.1, 0.15) is 0 Å². The molecule has 0 fully saturated rings. The molecule has 0 N–H and O–H groups in total. The minimum atomic E-state index is 0.282. The van der Waals surface area contributed by atoms with E-state index >= 15 is 0 Å². The van der Waals surface area contributed by atoms with Crippen molar-refractivity contribution in [1.82, 2.24) is 0 Å². The quantitative estimate of drug-likeness (QED) is 0.693. The van der Waals surface area contributed by atoms with Crippen LogP contribution in [0.25, 0.3) is 6.08 Å². The summed E-state index contributed by atoms with van der Waals surface area (Å²) in [5, 5.41) is 0. The van der Waals surface area contributed by atoms with E-state index < -0.39 is 0 Å². The zero-order chi connectivity index (χ0) is 14.9. The predicted octanol–water partition coefficient (Wildman–Crippen LogP) is 5.51. The fraction of sp³-hybridized carbons (Fsp3) is 0.333. The Labute approximate surface area is 128 Å². The van der Waals surface area contributed by atoms with Gasteiger partial charge in [0.25, 0.3) is 0 Å². The van der Waals surface area contributed by atoms with Crippen LogP contribution in [0.5, 0.6) is 0 Å². The number of rotatable bonds is 3. The Hall–Kier alpha value is -1.82. The third-order valence-corrected chi connectivity index (χ3v) is 4.84. The molecule has 3 rings (SSSR count). The van der Waals surface area contributed by atoms with Crippen LogP contribution in [0.2, 0.25) is 0 Å². The SMILES string of the molecule is Cc1cc2c(cc1C)CC(C)(CCc1ccccc1)C=C2. The van der Waals surface area contributed by atoms with Crippen molar-refractivity contribution in [3.05, 3.63) is 76.4 Å². The first-order chi connectivity index (χ1) is 10.1. The van der Waals surface area contributed by atoms with Crippen molar-refractivity contribution in [2.75, 3.05) is 0 Å². The molecule has 0 aromatic heterocycles. The van der Waals surface area contributed by atoms with Crippen LogP contribution in [0.3, 0.4) is 0 Å². The molecule has 0 saturated heterocycles. The maximum Gasteiger partial charge on any atom is -0.00995 e. The van der Waals surface area contributed by atoms with Crippen molar-refractivity contribution < 1.29 is 0 Å². The molecular formula is C21H24. The first-order valence-corrected chi connectivity index (χ1v) is 7.89. The van der Waals surface area contributed by atoms with Gasteiger partial charge < -0.3 is 0 Å². The molecule has 0 bridgehead atoms. The molecule has 0 radical (unpaired) electrons. The fourth-order valence-corrected chi connectivity index (χ4v) is 3.24. The first-order valence-electron chi connectivity index (χ1n) is 7.89. The van der Waals surface area contributed by atoms with Gasteiger partial charge in [-0.05, 0) is 66.3 Å². The molecule has 0 aliphatic heterocycles. The predicted molar refractivity (Wildman–Crippen MR) is 91.5 cm³/mol. The van der Waals surface area contributed by atoms with Gasteiger partial charge in [0.05, 0.1) is 0 Å². The van der Waals surface area contributed by atoms with Crippen LogP contribution in [0.4, 0.5) is 0 Å². The summed E-state index contributed by atoms with van der Waals surface area (Å²) in [7, 11) is 0. The van der Waals surface area contributed by atoms with Gasteiger partial charge in [0, 0.05) is 0 Å². The molecule has 0 heteroatoms. The first kappa shape index (κ1) is 14.1. The van der Waals surface area contributed by atoms with E-state index in [2.05, 4.69) is 75.4 Å². The van der Waals surface area contributed by atoms with Crippen LogP contribution in [-0.2, 0) is 12.8 Å². The molecule has 2 aromatic rings.